The van der Waals surface area contributed by atoms with Gasteiger partial charge in [-0.25, -0.2) is 4.98 Å². The number of ketones is 3. The minimum atomic E-state index is -0.641. The normalized spacial score (nSPS) is 14.0. The number of pyridine rings is 2. The molecule has 6 atom stereocenters. The summed E-state index contributed by atoms with van der Waals surface area (Å²) in [7, 11) is 0. The molecule has 1 aliphatic rings. The molecule has 9 aromatic rings. The third-order valence-corrected chi connectivity index (χ3v) is 18.1. The fraction of sp³-hybridized carbons (Fsp3) is 0.342. The number of carbonyl (C=O) groups is 6. The SMILES string of the molecule is C[C@H](NC(=O)[C@H](N)CCc1ccccc1)C(=O)CCc1ccc2c(N)cccc2c1.Cc1c(CCC(=O)[C@H](C)NC(=O)[C@H](N)CCc2ccccc2)ccc2c(N)nccc12.Cc1nccc2cc(CCC(=O)[C@H](C)NC(=O)[C@@H](CCc3ccccc3)N3CCCC3)ccc12. The summed E-state index contributed by atoms with van der Waals surface area (Å²) in [4.78, 5) is 86.6. The molecule has 0 unspecified atom stereocenters. The number of hydrogen-bond acceptors (Lipinski definition) is 13. The molecule has 16 nitrogen and oxygen atoms in total. The molecule has 16 heteroatoms. The largest absolute Gasteiger partial charge is 0.398 e. The molecule has 3 heterocycles. The Labute approximate surface area is 559 Å². The molecule has 1 fully saturated rings. The van der Waals surface area contributed by atoms with Crippen LogP contribution in [0.4, 0.5) is 11.5 Å². The van der Waals surface area contributed by atoms with Crippen molar-refractivity contribution in [1.29, 1.82) is 0 Å². The van der Waals surface area contributed by atoms with Crippen LogP contribution in [0, 0.1) is 13.8 Å². The number of hydrogen-bond donors (Lipinski definition) is 7. The minimum Gasteiger partial charge on any atom is -0.398 e. The molecule has 0 radical (unpaired) electrons. The quantitative estimate of drug-likeness (QED) is 0.0225. The summed E-state index contributed by atoms with van der Waals surface area (Å²) in [5.74, 6) is -0.0450. The van der Waals surface area contributed by atoms with Gasteiger partial charge in [0.15, 0.2) is 17.3 Å². The van der Waals surface area contributed by atoms with E-state index in [0.29, 0.717) is 57.2 Å². The first-order valence-corrected chi connectivity index (χ1v) is 33.4. The summed E-state index contributed by atoms with van der Waals surface area (Å²) >= 11 is 0. The van der Waals surface area contributed by atoms with Gasteiger partial charge in [0.1, 0.15) is 5.82 Å². The van der Waals surface area contributed by atoms with Crippen LogP contribution in [-0.2, 0) is 67.3 Å². The van der Waals surface area contributed by atoms with E-state index in [0.717, 1.165) is 129 Å². The molecule has 11 N–H and O–H groups in total. The number of aryl methyl sites for hydroxylation is 8. The van der Waals surface area contributed by atoms with E-state index in [2.05, 4.69) is 67.2 Å². The molecule has 7 aromatic carbocycles. The van der Waals surface area contributed by atoms with E-state index in [-0.39, 0.29) is 41.1 Å². The highest BCUT2D eigenvalue weighted by Crippen LogP contribution is 2.27. The van der Waals surface area contributed by atoms with Gasteiger partial charge in [0.25, 0.3) is 0 Å². The molecule has 1 aliphatic heterocycles. The van der Waals surface area contributed by atoms with Gasteiger partial charge in [0, 0.05) is 59.2 Å². The Hall–Kier alpha value is -9.48. The number of aromatic nitrogens is 2. The van der Waals surface area contributed by atoms with Gasteiger partial charge in [-0.3, -0.25) is 38.7 Å². The Bertz CT molecular complexity index is 4030. The zero-order chi connectivity index (χ0) is 67.8. The zero-order valence-electron chi connectivity index (χ0n) is 55.7. The zero-order valence-corrected chi connectivity index (χ0v) is 55.7. The number of likely N-dealkylation sites (tertiary alicyclic amines) is 1. The molecular weight excluding hydrogens is 1180 g/mol. The average molecular weight is 1280 g/mol. The van der Waals surface area contributed by atoms with Gasteiger partial charge >= 0.3 is 0 Å². The maximum Gasteiger partial charge on any atom is 0.237 e. The molecule has 10 rings (SSSR count). The molecule has 3 amide bonds. The van der Waals surface area contributed by atoms with Crippen molar-refractivity contribution in [2.75, 3.05) is 24.6 Å². The highest BCUT2D eigenvalue weighted by atomic mass is 16.2. The average Bonchev–Trinajstić information content (AvgIpc) is 1.42. The number of nitrogens with two attached hydrogens (primary N) is 4. The number of nitrogens with one attached hydrogen (secondary N) is 3. The van der Waals surface area contributed by atoms with Crippen LogP contribution < -0.4 is 38.9 Å². The van der Waals surface area contributed by atoms with Gasteiger partial charge in [-0.1, -0.05) is 152 Å². The van der Waals surface area contributed by atoms with E-state index in [9.17, 15) is 28.8 Å². The lowest BCUT2D eigenvalue weighted by molar-refractivity contribution is -0.130. The van der Waals surface area contributed by atoms with Crippen LogP contribution in [0.25, 0.3) is 32.3 Å². The maximum atomic E-state index is 13.2. The molecule has 2 aromatic heterocycles. The third-order valence-electron chi connectivity index (χ3n) is 18.1. The fourth-order valence-corrected chi connectivity index (χ4v) is 12.1. The Morgan fingerprint density at radius 2 is 0.895 bits per heavy atom. The number of rotatable bonds is 28. The number of benzene rings is 7. The van der Waals surface area contributed by atoms with Crippen molar-refractivity contribution < 1.29 is 28.8 Å². The summed E-state index contributed by atoms with van der Waals surface area (Å²) in [6, 6.07) is 53.0. The lowest BCUT2D eigenvalue weighted by Gasteiger charge is -2.28. The maximum absolute atomic E-state index is 13.2. The molecule has 1 saturated heterocycles. The van der Waals surface area contributed by atoms with Crippen LogP contribution in [0.15, 0.2) is 182 Å². The van der Waals surface area contributed by atoms with Crippen LogP contribution in [0.3, 0.4) is 0 Å². The van der Waals surface area contributed by atoms with Crippen molar-refractivity contribution in [1.82, 2.24) is 30.8 Å². The second-order valence-corrected chi connectivity index (χ2v) is 25.1. The lowest BCUT2D eigenvalue weighted by atomic mass is 9.96. The summed E-state index contributed by atoms with van der Waals surface area (Å²) in [5, 5.41) is 14.9. The number of nitrogen functional groups attached to an aromatic ring is 2. The smallest absolute Gasteiger partial charge is 0.237 e. The van der Waals surface area contributed by atoms with Crippen molar-refractivity contribution in [3.63, 3.8) is 0 Å². The van der Waals surface area contributed by atoms with E-state index in [1.54, 1.807) is 20.0 Å². The molecule has 0 aliphatic carbocycles. The molecule has 0 saturated carbocycles. The van der Waals surface area contributed by atoms with Crippen molar-refractivity contribution in [3.05, 3.63) is 227 Å². The Morgan fingerprint density at radius 1 is 0.442 bits per heavy atom. The van der Waals surface area contributed by atoms with E-state index >= 15 is 0 Å². The predicted molar refractivity (Wildman–Crippen MR) is 383 cm³/mol. The topological polar surface area (TPSA) is 272 Å². The van der Waals surface area contributed by atoms with Crippen LogP contribution in [0.2, 0.25) is 0 Å². The number of nitrogens with zero attached hydrogens (tertiary/aromatic N) is 3. The molecule has 0 spiro atoms. The van der Waals surface area contributed by atoms with Crippen LogP contribution in [0.1, 0.15) is 117 Å². The standard InChI is InChI=1S/C29H35N3O2.C25H30N4O2.C25H29N3O2/c1-21-26-13-10-24(20-25(26)16-17-30-21)12-15-28(33)22(2)31-29(34)27(32-18-6-7-19-32)14-11-23-8-4-3-5-9-23;1-16-19(9-11-21-20(16)14-15-28-24(21)27)10-13-23(30)17(2)29-25(31)22(26)12-8-18-6-4-3-5-7-18;1-17(28-25(30)23(27)14-11-18-6-3-2-4-7-18)24(29)15-12-19-10-13-21-20(16-19)8-5-9-22(21)26/h3-5,8-10,13,16-17,20,22,27H,6-7,11-12,14-15,18-19H2,1-2H3,(H,31,34);3-7,9,11,14-15,17,22H,8,10,12-13,26H2,1-2H3,(H2,27,28)(H,29,31);2-10,13,16-17,23H,11-12,14-15,26-27H2,1H3,(H,28,30)/t22-,27+;17-,22+;17-,23+/m000/s1. The molecule has 95 heavy (non-hydrogen) atoms. The van der Waals surface area contributed by atoms with Gasteiger partial charge in [-0.15, -0.1) is 0 Å². The monoisotopic (exact) mass is 1280 g/mol. The van der Waals surface area contributed by atoms with E-state index in [4.69, 9.17) is 22.9 Å². The molecule has 0 bridgehead atoms. The number of Topliss-reactive ketones (excluding diaryl/α,β-unsaturated/α-hetero) is 3. The van der Waals surface area contributed by atoms with Gasteiger partial charge in [0.05, 0.1) is 36.3 Å². The molecule has 496 valence electrons. The third kappa shape index (κ3) is 21.3. The minimum absolute atomic E-state index is 0.00807. The van der Waals surface area contributed by atoms with Crippen molar-refractivity contribution >= 4 is 78.9 Å². The first-order valence-electron chi connectivity index (χ1n) is 33.4. The van der Waals surface area contributed by atoms with Gasteiger partial charge < -0.3 is 38.9 Å². The Kier molecular flexibility index (Phi) is 26.8. The van der Waals surface area contributed by atoms with Gasteiger partial charge in [-0.05, 0) is 192 Å². The summed E-state index contributed by atoms with van der Waals surface area (Å²) in [5.41, 5.74) is 33.6. The number of carbonyl (C=O) groups excluding carboxylic acids is 6. The Balaban J connectivity index is 0.000000183. The van der Waals surface area contributed by atoms with Crippen LogP contribution in [-0.4, -0.2) is 99.3 Å². The summed E-state index contributed by atoms with van der Waals surface area (Å²) < 4.78 is 0. The van der Waals surface area contributed by atoms with Crippen LogP contribution in [0.5, 0.6) is 0 Å². The van der Waals surface area contributed by atoms with Crippen molar-refractivity contribution in [2.24, 2.45) is 11.5 Å². The van der Waals surface area contributed by atoms with Crippen molar-refractivity contribution in [3.8, 4) is 0 Å². The van der Waals surface area contributed by atoms with Crippen molar-refractivity contribution in [2.45, 2.75) is 161 Å². The second kappa shape index (κ2) is 35.7. The first-order chi connectivity index (χ1) is 45.8. The van der Waals surface area contributed by atoms with Gasteiger partial charge in [-0.2, -0.15) is 0 Å². The molecular formula is C79H94N10O6. The number of anilines is 2. The summed E-state index contributed by atoms with van der Waals surface area (Å²) in [6.45, 7) is 11.2. The number of fused-ring (bicyclic) bond motifs is 3. The van der Waals surface area contributed by atoms with E-state index in [1.807, 2.05) is 160 Å². The highest BCUT2D eigenvalue weighted by molar-refractivity contribution is 5.96. The van der Waals surface area contributed by atoms with Crippen LogP contribution >= 0.6 is 0 Å². The van der Waals surface area contributed by atoms with E-state index < -0.39 is 30.2 Å². The van der Waals surface area contributed by atoms with Gasteiger partial charge in [0.2, 0.25) is 17.7 Å². The highest BCUT2D eigenvalue weighted by Gasteiger charge is 2.30. The predicted octanol–water partition coefficient (Wildman–Crippen LogP) is 11.1. The fourth-order valence-electron chi connectivity index (χ4n) is 12.1. The number of amides is 3. The summed E-state index contributed by atoms with van der Waals surface area (Å²) in [6.07, 6.45) is 12.9. The first kappa shape index (κ1) is 71.4. The lowest BCUT2D eigenvalue weighted by Crippen LogP contribution is -2.50. The second-order valence-electron chi connectivity index (χ2n) is 25.1. The van der Waals surface area contributed by atoms with E-state index in [1.165, 1.54) is 5.56 Å². The Morgan fingerprint density at radius 3 is 1.42 bits per heavy atom.